The summed E-state index contributed by atoms with van der Waals surface area (Å²) in [6, 6.07) is 9.17. The molecule has 0 saturated carbocycles. The molecule has 0 aliphatic heterocycles. The van der Waals surface area contributed by atoms with Crippen molar-refractivity contribution in [1.82, 2.24) is 10.2 Å². The summed E-state index contributed by atoms with van der Waals surface area (Å²) in [5.74, 6) is -0.871. The van der Waals surface area contributed by atoms with E-state index in [1.54, 1.807) is 19.9 Å². The molecule has 2 aromatic carbocycles. The molecular formula is C23H30FN3O6S. The van der Waals surface area contributed by atoms with Gasteiger partial charge in [0, 0.05) is 19.2 Å². The monoisotopic (exact) mass is 495 g/mol. The minimum absolute atomic E-state index is 0.0235. The summed E-state index contributed by atoms with van der Waals surface area (Å²) in [6.07, 6.45) is 0.969. The highest BCUT2D eigenvalue weighted by Gasteiger charge is 2.31. The van der Waals surface area contributed by atoms with Crippen LogP contribution in [-0.2, 0) is 26.2 Å². The average molecular weight is 496 g/mol. The van der Waals surface area contributed by atoms with Crippen LogP contribution in [0.3, 0.4) is 0 Å². The van der Waals surface area contributed by atoms with Gasteiger partial charge in [-0.05, 0) is 43.7 Å². The normalized spacial score (nSPS) is 11.9. The van der Waals surface area contributed by atoms with Crippen LogP contribution in [0, 0.1) is 5.82 Å². The number of nitrogens with one attached hydrogen (secondary N) is 1. The van der Waals surface area contributed by atoms with Crippen molar-refractivity contribution in [3.8, 4) is 11.5 Å². The van der Waals surface area contributed by atoms with E-state index >= 15 is 0 Å². The zero-order chi connectivity index (χ0) is 25.5. The summed E-state index contributed by atoms with van der Waals surface area (Å²) in [4.78, 5) is 27.2. The smallest absolute Gasteiger partial charge is 0.244 e. The van der Waals surface area contributed by atoms with E-state index in [1.807, 2.05) is 0 Å². The Bertz CT molecular complexity index is 1110. The number of rotatable bonds is 11. The van der Waals surface area contributed by atoms with Crippen LogP contribution in [0.1, 0.15) is 19.4 Å². The zero-order valence-corrected chi connectivity index (χ0v) is 20.7. The number of methoxy groups -OCH3 is 2. The number of hydrogen-bond acceptors (Lipinski definition) is 6. The first-order valence-electron chi connectivity index (χ1n) is 10.5. The van der Waals surface area contributed by atoms with Gasteiger partial charge in [-0.3, -0.25) is 13.9 Å². The van der Waals surface area contributed by atoms with Crippen LogP contribution in [0.25, 0.3) is 0 Å². The molecule has 0 heterocycles. The number of likely N-dealkylation sites (N-methyl/N-ethyl adjacent to an activating group) is 1. The van der Waals surface area contributed by atoms with Crippen molar-refractivity contribution in [3.63, 3.8) is 0 Å². The Hall–Kier alpha value is -3.34. The number of hydrogen-bond donors (Lipinski definition) is 1. The van der Waals surface area contributed by atoms with Crippen LogP contribution in [0.2, 0.25) is 0 Å². The van der Waals surface area contributed by atoms with Crippen LogP contribution in [-0.4, -0.2) is 64.7 Å². The van der Waals surface area contributed by atoms with Crippen LogP contribution < -0.4 is 19.1 Å². The zero-order valence-electron chi connectivity index (χ0n) is 19.9. The molecule has 0 aromatic heterocycles. The topological polar surface area (TPSA) is 105 Å². The molecule has 186 valence electrons. The van der Waals surface area contributed by atoms with Crippen molar-refractivity contribution in [2.45, 2.75) is 26.4 Å². The minimum Gasteiger partial charge on any atom is -0.497 e. The number of benzene rings is 2. The molecule has 2 aromatic rings. The second kappa shape index (κ2) is 11.7. The molecule has 0 unspecified atom stereocenters. The van der Waals surface area contributed by atoms with E-state index in [9.17, 15) is 22.4 Å². The minimum atomic E-state index is -3.94. The Balaban J connectivity index is 2.47. The van der Waals surface area contributed by atoms with Crippen molar-refractivity contribution in [2.75, 3.05) is 37.9 Å². The number of sulfonamides is 1. The van der Waals surface area contributed by atoms with Gasteiger partial charge in [-0.2, -0.15) is 0 Å². The molecule has 0 radical (unpaired) electrons. The lowest BCUT2D eigenvalue weighted by Gasteiger charge is -2.31. The number of nitrogens with zero attached hydrogens (tertiary/aromatic N) is 2. The second-order valence-corrected chi connectivity index (χ2v) is 9.43. The number of carbonyl (C=O) groups is 2. The maximum absolute atomic E-state index is 13.4. The second-order valence-electron chi connectivity index (χ2n) is 7.53. The van der Waals surface area contributed by atoms with Gasteiger partial charge in [-0.15, -0.1) is 0 Å². The lowest BCUT2D eigenvalue weighted by atomic mass is 10.1. The van der Waals surface area contributed by atoms with Gasteiger partial charge in [-0.25, -0.2) is 12.8 Å². The van der Waals surface area contributed by atoms with Crippen molar-refractivity contribution >= 4 is 27.5 Å². The van der Waals surface area contributed by atoms with Gasteiger partial charge in [0.1, 0.15) is 29.9 Å². The van der Waals surface area contributed by atoms with E-state index < -0.39 is 40.2 Å². The maximum atomic E-state index is 13.4. The van der Waals surface area contributed by atoms with E-state index in [0.717, 1.165) is 10.6 Å². The molecule has 0 fully saturated rings. The summed E-state index contributed by atoms with van der Waals surface area (Å²) in [5, 5.41) is 2.66. The number of carbonyl (C=O) groups excluding carboxylic acids is 2. The first-order chi connectivity index (χ1) is 16.0. The molecular weight excluding hydrogens is 465 g/mol. The molecule has 2 rings (SSSR count). The molecule has 0 saturated heterocycles. The quantitative estimate of drug-likeness (QED) is 0.512. The predicted octanol–water partition coefficient (Wildman–Crippen LogP) is 2.16. The van der Waals surface area contributed by atoms with Crippen molar-refractivity contribution < 1.29 is 31.9 Å². The van der Waals surface area contributed by atoms with E-state index in [4.69, 9.17) is 9.47 Å². The summed E-state index contributed by atoms with van der Waals surface area (Å²) in [6.45, 7) is 3.04. The molecule has 2 amide bonds. The molecule has 0 bridgehead atoms. The first kappa shape index (κ1) is 26.9. The predicted molar refractivity (Wildman–Crippen MR) is 127 cm³/mol. The fraction of sp³-hybridized carbons (Fsp3) is 0.391. The third-order valence-corrected chi connectivity index (χ3v) is 6.24. The van der Waals surface area contributed by atoms with Crippen LogP contribution >= 0.6 is 0 Å². The Morgan fingerprint density at radius 2 is 1.74 bits per heavy atom. The standard InChI is InChI=1S/C23H30FN3O6S/c1-6-25-23(29)16(2)26(14-17-7-9-18(24)10-8-17)22(28)15-27(34(5,30)31)20-13-19(32-3)11-12-21(20)33-4/h7-13,16H,6,14-15H2,1-5H3,(H,25,29)/t16-/m0/s1. The van der Waals surface area contributed by atoms with Crippen molar-refractivity contribution in [2.24, 2.45) is 0 Å². The lowest BCUT2D eigenvalue weighted by Crippen LogP contribution is -2.51. The summed E-state index contributed by atoms with van der Waals surface area (Å²) < 4.78 is 50.2. The Morgan fingerprint density at radius 3 is 2.26 bits per heavy atom. The Labute approximate surface area is 199 Å². The third kappa shape index (κ3) is 6.83. The van der Waals surface area contributed by atoms with E-state index in [2.05, 4.69) is 5.32 Å². The molecule has 9 nitrogen and oxygen atoms in total. The fourth-order valence-electron chi connectivity index (χ4n) is 3.28. The van der Waals surface area contributed by atoms with E-state index in [1.165, 1.54) is 55.5 Å². The summed E-state index contributed by atoms with van der Waals surface area (Å²) >= 11 is 0. The molecule has 11 heteroatoms. The third-order valence-electron chi connectivity index (χ3n) is 5.12. The van der Waals surface area contributed by atoms with Gasteiger partial charge in [0.25, 0.3) is 0 Å². The van der Waals surface area contributed by atoms with E-state index in [0.29, 0.717) is 17.9 Å². The van der Waals surface area contributed by atoms with Gasteiger partial charge in [0.05, 0.1) is 26.2 Å². The largest absolute Gasteiger partial charge is 0.497 e. The van der Waals surface area contributed by atoms with Gasteiger partial charge >= 0.3 is 0 Å². The number of halogens is 1. The SMILES string of the molecule is CCNC(=O)[C@H](C)N(Cc1ccc(F)cc1)C(=O)CN(c1cc(OC)ccc1OC)S(C)(=O)=O. The summed E-state index contributed by atoms with van der Waals surface area (Å²) in [7, 11) is -1.13. The molecule has 0 spiro atoms. The van der Waals surface area contributed by atoms with Gasteiger partial charge in [0.15, 0.2) is 0 Å². The molecule has 0 aliphatic carbocycles. The highest BCUT2D eigenvalue weighted by atomic mass is 32.2. The van der Waals surface area contributed by atoms with Gasteiger partial charge in [0.2, 0.25) is 21.8 Å². The van der Waals surface area contributed by atoms with Crippen LogP contribution in [0.4, 0.5) is 10.1 Å². The van der Waals surface area contributed by atoms with Crippen molar-refractivity contribution in [3.05, 3.63) is 53.8 Å². The van der Waals surface area contributed by atoms with Crippen LogP contribution in [0.5, 0.6) is 11.5 Å². The lowest BCUT2D eigenvalue weighted by molar-refractivity contribution is -0.139. The van der Waals surface area contributed by atoms with Crippen molar-refractivity contribution in [1.29, 1.82) is 0 Å². The molecule has 0 aliphatic rings. The maximum Gasteiger partial charge on any atom is 0.244 e. The average Bonchev–Trinajstić information content (AvgIpc) is 2.80. The molecule has 34 heavy (non-hydrogen) atoms. The van der Waals surface area contributed by atoms with Crippen LogP contribution in [0.15, 0.2) is 42.5 Å². The number of anilines is 1. The van der Waals surface area contributed by atoms with Gasteiger partial charge in [-0.1, -0.05) is 12.1 Å². The van der Waals surface area contributed by atoms with E-state index in [-0.39, 0.29) is 18.0 Å². The van der Waals surface area contributed by atoms with Gasteiger partial charge < -0.3 is 19.7 Å². The highest BCUT2D eigenvalue weighted by Crippen LogP contribution is 2.34. The highest BCUT2D eigenvalue weighted by molar-refractivity contribution is 7.92. The fourth-order valence-corrected chi connectivity index (χ4v) is 4.12. The Kier molecular flexibility index (Phi) is 9.25. The number of amides is 2. The Morgan fingerprint density at radius 1 is 1.09 bits per heavy atom. The molecule has 1 N–H and O–H groups in total. The first-order valence-corrected chi connectivity index (χ1v) is 12.4. The molecule has 1 atom stereocenters. The summed E-state index contributed by atoms with van der Waals surface area (Å²) in [5.41, 5.74) is 0.695. The number of ether oxygens (including phenoxy) is 2.